The first kappa shape index (κ1) is 18.9. The summed E-state index contributed by atoms with van der Waals surface area (Å²) in [4.78, 5) is 18.6. The van der Waals surface area contributed by atoms with Crippen molar-refractivity contribution < 1.29 is 9.53 Å². The van der Waals surface area contributed by atoms with E-state index < -0.39 is 0 Å². The fourth-order valence-corrected chi connectivity index (χ4v) is 3.12. The molecule has 1 heterocycles. The van der Waals surface area contributed by atoms with Crippen LogP contribution in [-0.2, 0) is 6.61 Å². The molecule has 0 aliphatic rings. The van der Waals surface area contributed by atoms with Crippen LogP contribution in [0.3, 0.4) is 0 Å². The largest absolute Gasteiger partial charge is 0.489 e. The van der Waals surface area contributed by atoms with Gasteiger partial charge >= 0.3 is 6.03 Å². The highest BCUT2D eigenvalue weighted by Crippen LogP contribution is 2.24. The Hall–Kier alpha value is -2.86. The van der Waals surface area contributed by atoms with Crippen molar-refractivity contribution in [1.29, 1.82) is 0 Å². The number of amides is 2. The molecule has 0 bridgehead atoms. The lowest BCUT2D eigenvalue weighted by Crippen LogP contribution is -2.37. The van der Waals surface area contributed by atoms with E-state index in [-0.39, 0.29) is 6.03 Å². The lowest BCUT2D eigenvalue weighted by atomic mass is 10.2. The SMILES string of the molecule is CC(C)CN(C(=O)Nc1nccs1)c1cccc(OCc2ccccc2)c1. The number of ether oxygens (including phenoxy) is 1. The van der Waals surface area contributed by atoms with Crippen molar-refractivity contribution in [2.75, 3.05) is 16.8 Å². The zero-order chi connectivity index (χ0) is 19.1. The standard InChI is InChI=1S/C21H23N3O2S/c1-16(2)14-24(21(25)23-20-22-11-12-27-20)18-9-6-10-19(13-18)26-15-17-7-4-3-5-8-17/h3-13,16H,14-15H2,1-2H3,(H,22,23,25). The first-order valence-electron chi connectivity index (χ1n) is 8.86. The molecule has 3 aromatic rings. The van der Waals surface area contributed by atoms with Crippen molar-refractivity contribution >= 4 is 28.2 Å². The number of rotatable bonds is 7. The van der Waals surface area contributed by atoms with Crippen LogP contribution in [0.1, 0.15) is 19.4 Å². The van der Waals surface area contributed by atoms with Gasteiger partial charge in [-0.05, 0) is 23.6 Å². The number of hydrogen-bond acceptors (Lipinski definition) is 4. The van der Waals surface area contributed by atoms with Crippen LogP contribution in [0.25, 0.3) is 0 Å². The number of nitrogens with one attached hydrogen (secondary N) is 1. The van der Waals surface area contributed by atoms with Gasteiger partial charge in [0, 0.05) is 29.9 Å². The molecule has 27 heavy (non-hydrogen) atoms. The van der Waals surface area contributed by atoms with Crippen molar-refractivity contribution in [3.8, 4) is 5.75 Å². The van der Waals surface area contributed by atoms with Crippen LogP contribution < -0.4 is 15.0 Å². The van der Waals surface area contributed by atoms with Gasteiger partial charge in [0.2, 0.25) is 0 Å². The van der Waals surface area contributed by atoms with Crippen molar-refractivity contribution in [1.82, 2.24) is 4.98 Å². The lowest BCUT2D eigenvalue weighted by Gasteiger charge is -2.25. The Balaban J connectivity index is 1.74. The first-order chi connectivity index (χ1) is 13.1. The van der Waals surface area contributed by atoms with Gasteiger partial charge < -0.3 is 4.74 Å². The Morgan fingerprint density at radius 1 is 1.19 bits per heavy atom. The molecule has 3 rings (SSSR count). The molecule has 2 amide bonds. The summed E-state index contributed by atoms with van der Waals surface area (Å²) >= 11 is 1.40. The highest BCUT2D eigenvalue weighted by molar-refractivity contribution is 7.13. The van der Waals surface area contributed by atoms with Crippen LogP contribution in [0, 0.1) is 5.92 Å². The highest BCUT2D eigenvalue weighted by Gasteiger charge is 2.18. The number of urea groups is 1. The zero-order valence-corrected chi connectivity index (χ0v) is 16.3. The topological polar surface area (TPSA) is 54.5 Å². The predicted octanol–water partition coefficient (Wildman–Crippen LogP) is 5.42. The van der Waals surface area contributed by atoms with Crippen molar-refractivity contribution in [3.63, 3.8) is 0 Å². The molecule has 0 atom stereocenters. The van der Waals surface area contributed by atoms with Crippen LogP contribution in [0.4, 0.5) is 15.6 Å². The summed E-state index contributed by atoms with van der Waals surface area (Å²) in [5.41, 5.74) is 1.90. The number of nitrogens with zero attached hydrogens (tertiary/aromatic N) is 2. The number of hydrogen-bond donors (Lipinski definition) is 1. The maximum absolute atomic E-state index is 12.8. The van der Waals surface area contributed by atoms with E-state index in [1.54, 1.807) is 11.1 Å². The minimum atomic E-state index is -0.196. The van der Waals surface area contributed by atoms with E-state index in [1.807, 2.05) is 60.0 Å². The predicted molar refractivity (Wildman–Crippen MR) is 111 cm³/mol. The summed E-state index contributed by atoms with van der Waals surface area (Å²) in [6.07, 6.45) is 1.67. The third kappa shape index (κ3) is 5.56. The Bertz CT molecular complexity index is 851. The van der Waals surface area contributed by atoms with Gasteiger partial charge in [-0.2, -0.15) is 0 Å². The molecule has 2 aromatic carbocycles. The summed E-state index contributed by atoms with van der Waals surface area (Å²) in [5.74, 6) is 1.05. The molecule has 1 aromatic heterocycles. The molecule has 6 heteroatoms. The minimum absolute atomic E-state index is 0.196. The Morgan fingerprint density at radius 3 is 2.70 bits per heavy atom. The summed E-state index contributed by atoms with van der Waals surface area (Å²) in [6, 6.07) is 17.4. The second-order valence-electron chi connectivity index (χ2n) is 6.54. The van der Waals surface area contributed by atoms with E-state index in [4.69, 9.17) is 4.74 Å². The molecule has 0 aliphatic heterocycles. The van der Waals surface area contributed by atoms with E-state index in [0.717, 1.165) is 17.0 Å². The molecule has 0 radical (unpaired) electrons. The highest BCUT2D eigenvalue weighted by atomic mass is 32.1. The molecular weight excluding hydrogens is 358 g/mol. The summed E-state index contributed by atoms with van der Waals surface area (Å²) in [6.45, 7) is 5.25. The second kappa shape index (κ2) is 9.19. The van der Waals surface area contributed by atoms with E-state index in [1.165, 1.54) is 11.3 Å². The van der Waals surface area contributed by atoms with Gasteiger partial charge in [0.15, 0.2) is 5.13 Å². The smallest absolute Gasteiger partial charge is 0.328 e. The van der Waals surface area contributed by atoms with E-state index in [2.05, 4.69) is 24.1 Å². The molecule has 0 saturated heterocycles. The Morgan fingerprint density at radius 2 is 2.00 bits per heavy atom. The third-order valence-corrected chi connectivity index (χ3v) is 4.51. The summed E-state index contributed by atoms with van der Waals surface area (Å²) < 4.78 is 5.90. The van der Waals surface area contributed by atoms with E-state index in [0.29, 0.717) is 24.2 Å². The number of anilines is 2. The van der Waals surface area contributed by atoms with Crippen LogP contribution in [0.2, 0.25) is 0 Å². The molecule has 1 N–H and O–H groups in total. The number of benzene rings is 2. The third-order valence-electron chi connectivity index (χ3n) is 3.82. The average molecular weight is 382 g/mol. The molecular formula is C21H23N3O2S. The number of carbonyl (C=O) groups is 1. The van der Waals surface area contributed by atoms with Crippen molar-refractivity contribution in [2.24, 2.45) is 5.92 Å². The summed E-state index contributed by atoms with van der Waals surface area (Å²) in [7, 11) is 0. The van der Waals surface area contributed by atoms with Crippen LogP contribution in [0.5, 0.6) is 5.75 Å². The number of carbonyl (C=O) groups excluding carboxylic acids is 1. The number of aromatic nitrogens is 1. The van der Waals surface area contributed by atoms with Crippen LogP contribution in [-0.4, -0.2) is 17.6 Å². The average Bonchev–Trinajstić information content (AvgIpc) is 3.18. The van der Waals surface area contributed by atoms with Crippen molar-refractivity contribution in [2.45, 2.75) is 20.5 Å². The first-order valence-corrected chi connectivity index (χ1v) is 9.74. The molecule has 140 valence electrons. The Labute approximate surface area is 163 Å². The normalized spacial score (nSPS) is 10.6. The molecule has 0 spiro atoms. The van der Waals surface area contributed by atoms with Gasteiger partial charge in [-0.1, -0.05) is 50.2 Å². The van der Waals surface area contributed by atoms with E-state index in [9.17, 15) is 4.79 Å². The fourth-order valence-electron chi connectivity index (χ4n) is 2.60. The van der Waals surface area contributed by atoms with Gasteiger partial charge in [0.25, 0.3) is 0 Å². The van der Waals surface area contributed by atoms with Crippen LogP contribution in [0.15, 0.2) is 66.2 Å². The molecule has 0 saturated carbocycles. The van der Waals surface area contributed by atoms with Gasteiger partial charge in [-0.15, -0.1) is 11.3 Å². The number of thiazole rings is 1. The van der Waals surface area contributed by atoms with Gasteiger partial charge in [-0.3, -0.25) is 10.2 Å². The maximum atomic E-state index is 12.8. The summed E-state index contributed by atoms with van der Waals surface area (Å²) in [5, 5.41) is 5.28. The second-order valence-corrected chi connectivity index (χ2v) is 7.44. The Kier molecular flexibility index (Phi) is 6.44. The monoisotopic (exact) mass is 381 g/mol. The van der Waals surface area contributed by atoms with Crippen LogP contribution >= 0.6 is 11.3 Å². The molecule has 0 fully saturated rings. The van der Waals surface area contributed by atoms with Gasteiger partial charge in [0.05, 0.1) is 0 Å². The minimum Gasteiger partial charge on any atom is -0.489 e. The molecule has 0 unspecified atom stereocenters. The van der Waals surface area contributed by atoms with Gasteiger partial charge in [-0.25, -0.2) is 9.78 Å². The maximum Gasteiger partial charge on any atom is 0.328 e. The van der Waals surface area contributed by atoms with Gasteiger partial charge in [0.1, 0.15) is 12.4 Å². The zero-order valence-electron chi connectivity index (χ0n) is 15.5. The molecule has 0 aliphatic carbocycles. The quantitative estimate of drug-likeness (QED) is 0.595. The fraction of sp³-hybridized carbons (Fsp3) is 0.238. The van der Waals surface area contributed by atoms with E-state index >= 15 is 0 Å². The van der Waals surface area contributed by atoms with Crippen molar-refractivity contribution in [3.05, 3.63) is 71.7 Å². The molecule has 5 nitrogen and oxygen atoms in total. The lowest BCUT2D eigenvalue weighted by molar-refractivity contribution is 0.256.